The first-order valence-corrected chi connectivity index (χ1v) is 12.1. The number of hydrogen-bond acceptors (Lipinski definition) is 2. The molecule has 0 amide bonds. The van der Waals surface area contributed by atoms with Crippen LogP contribution >= 0.6 is 13.5 Å². The second-order valence-corrected chi connectivity index (χ2v) is 8.18. The summed E-state index contributed by atoms with van der Waals surface area (Å²) in [5, 5.41) is 0. The molecule has 0 aliphatic heterocycles. The van der Waals surface area contributed by atoms with Gasteiger partial charge in [-0.3, -0.25) is 9.11 Å². The number of rotatable bonds is 15. The summed E-state index contributed by atoms with van der Waals surface area (Å²) in [5.74, 6) is 0. The van der Waals surface area contributed by atoms with Crippen molar-refractivity contribution in [3.05, 3.63) is 35.9 Å². The summed E-state index contributed by atoms with van der Waals surface area (Å²) in [6, 6.07) is 10.9. The van der Waals surface area contributed by atoms with E-state index in [4.69, 9.17) is 17.5 Å². The molecule has 1 aromatic rings. The van der Waals surface area contributed by atoms with Crippen LogP contribution in [-0.2, 0) is 16.8 Å². The van der Waals surface area contributed by atoms with E-state index >= 15 is 0 Å². The van der Waals surface area contributed by atoms with Crippen molar-refractivity contribution in [2.45, 2.75) is 103 Å². The predicted octanol–water partition coefficient (Wildman–Crippen LogP) is 6.52. The van der Waals surface area contributed by atoms with Crippen molar-refractivity contribution in [3.63, 3.8) is 0 Å². The molecule has 0 saturated carbocycles. The predicted molar refractivity (Wildman–Crippen MR) is 132 cm³/mol. The molecule has 168 valence electrons. The van der Waals surface area contributed by atoms with Gasteiger partial charge < -0.3 is 0 Å². The normalized spacial score (nSPS) is 10.3. The van der Waals surface area contributed by atoms with Crippen molar-refractivity contribution in [3.8, 4) is 0 Å². The number of aryl methyl sites for hydroxylation is 1. The topological polar surface area (TPSA) is 74.6 Å². The molecular weight excluding hydrogens is 415 g/mol. The zero-order valence-electron chi connectivity index (χ0n) is 17.6. The van der Waals surface area contributed by atoms with Crippen LogP contribution in [0.3, 0.4) is 0 Å². The van der Waals surface area contributed by atoms with Gasteiger partial charge in [0.25, 0.3) is 0 Å². The van der Waals surface area contributed by atoms with Gasteiger partial charge in [0.15, 0.2) is 0 Å². The van der Waals surface area contributed by atoms with Gasteiger partial charge in [-0.25, -0.2) is 0 Å². The molecule has 0 spiro atoms. The van der Waals surface area contributed by atoms with Gasteiger partial charge in [0, 0.05) is 0 Å². The van der Waals surface area contributed by atoms with E-state index in [1.807, 2.05) is 0 Å². The molecule has 0 aromatic heterocycles. The van der Waals surface area contributed by atoms with Crippen LogP contribution in [0.15, 0.2) is 30.3 Å². The SMILES string of the molecule is CCCCCCCCCCCCCCCCc1ccccc1.O=S(=O)(O)O.S.[NaH]. The second kappa shape index (κ2) is 24.7. The first-order valence-electron chi connectivity index (χ1n) is 10.7. The fourth-order valence-electron chi connectivity index (χ4n) is 3.17. The van der Waals surface area contributed by atoms with Crippen LogP contribution in [0.4, 0.5) is 0 Å². The quantitative estimate of drug-likeness (QED) is 0.178. The Morgan fingerprint density at radius 3 is 1.31 bits per heavy atom. The third-order valence-electron chi connectivity index (χ3n) is 4.66. The Morgan fingerprint density at radius 2 is 0.966 bits per heavy atom. The average Bonchev–Trinajstić information content (AvgIpc) is 2.61. The summed E-state index contributed by atoms with van der Waals surface area (Å²) in [6.07, 6.45) is 21.5. The van der Waals surface area contributed by atoms with Crippen molar-refractivity contribution >= 4 is 53.5 Å². The summed E-state index contributed by atoms with van der Waals surface area (Å²) >= 11 is 0. The fraction of sp³-hybridized carbons (Fsp3) is 0.727. The van der Waals surface area contributed by atoms with Gasteiger partial charge in [-0.1, -0.05) is 121 Å². The fourth-order valence-corrected chi connectivity index (χ4v) is 3.17. The van der Waals surface area contributed by atoms with Gasteiger partial charge in [-0.05, 0) is 18.4 Å². The van der Waals surface area contributed by atoms with Crippen LogP contribution in [0.25, 0.3) is 0 Å². The summed E-state index contributed by atoms with van der Waals surface area (Å²) in [4.78, 5) is 0. The monoisotopic (exact) mass is 458 g/mol. The first kappa shape index (κ1) is 34.1. The number of unbranched alkanes of at least 4 members (excludes halogenated alkanes) is 13. The molecule has 1 aromatic carbocycles. The Labute approximate surface area is 209 Å². The maximum absolute atomic E-state index is 8.74. The molecule has 0 aliphatic carbocycles. The standard InChI is InChI=1S/C22H38.Na.H2O4S.H2S.H/c1-2-3-4-5-6-7-8-9-10-11-12-13-14-16-19-22-20-17-15-18-21-22;;1-5(2,3)4;;/h15,17-18,20-21H,2-14,16,19H2,1H3;;(H2,1,2,3,4);1H2;. The van der Waals surface area contributed by atoms with Crippen LogP contribution in [0, 0.1) is 0 Å². The van der Waals surface area contributed by atoms with Crippen LogP contribution in [0.5, 0.6) is 0 Å². The first-order chi connectivity index (χ1) is 12.9. The van der Waals surface area contributed by atoms with Gasteiger partial charge in [0.1, 0.15) is 0 Å². The Balaban J connectivity index is -0.000000860. The molecule has 0 fully saturated rings. The molecular formula is C22H43NaO4S2. The third kappa shape index (κ3) is 33.3. The molecule has 1 rings (SSSR count). The van der Waals surface area contributed by atoms with E-state index < -0.39 is 10.4 Å². The van der Waals surface area contributed by atoms with Gasteiger partial charge >= 0.3 is 40.0 Å². The van der Waals surface area contributed by atoms with Crippen molar-refractivity contribution in [1.82, 2.24) is 0 Å². The van der Waals surface area contributed by atoms with E-state index in [9.17, 15) is 0 Å². The van der Waals surface area contributed by atoms with E-state index in [2.05, 4.69) is 37.3 Å². The second-order valence-electron chi connectivity index (χ2n) is 7.28. The van der Waals surface area contributed by atoms with Crippen LogP contribution in [-0.4, -0.2) is 47.1 Å². The van der Waals surface area contributed by atoms with E-state index in [1.165, 1.54) is 102 Å². The Kier molecular flexibility index (Phi) is 29.0. The summed E-state index contributed by atoms with van der Waals surface area (Å²) in [7, 11) is -4.67. The van der Waals surface area contributed by atoms with Gasteiger partial charge in [-0.2, -0.15) is 21.9 Å². The molecule has 0 bridgehead atoms. The summed E-state index contributed by atoms with van der Waals surface area (Å²) in [5.41, 5.74) is 1.50. The molecule has 0 unspecified atom stereocenters. The van der Waals surface area contributed by atoms with E-state index in [-0.39, 0.29) is 43.1 Å². The van der Waals surface area contributed by atoms with Crippen LogP contribution in [0.1, 0.15) is 102 Å². The molecule has 7 heteroatoms. The van der Waals surface area contributed by atoms with Crippen molar-refractivity contribution < 1.29 is 17.5 Å². The third-order valence-corrected chi connectivity index (χ3v) is 4.66. The minimum atomic E-state index is -4.67. The van der Waals surface area contributed by atoms with Crippen LogP contribution < -0.4 is 0 Å². The van der Waals surface area contributed by atoms with E-state index in [1.54, 1.807) is 0 Å². The van der Waals surface area contributed by atoms with E-state index in [0.29, 0.717) is 0 Å². The van der Waals surface area contributed by atoms with Crippen molar-refractivity contribution in [1.29, 1.82) is 0 Å². The van der Waals surface area contributed by atoms with Gasteiger partial charge in [-0.15, -0.1) is 0 Å². The Bertz CT molecular complexity index is 517. The summed E-state index contributed by atoms with van der Waals surface area (Å²) < 4.78 is 31.6. The molecule has 2 N–H and O–H groups in total. The van der Waals surface area contributed by atoms with Crippen LogP contribution in [0.2, 0.25) is 0 Å². The molecule has 0 heterocycles. The molecule has 4 nitrogen and oxygen atoms in total. The minimum absolute atomic E-state index is 0. The molecule has 0 aliphatic rings. The zero-order chi connectivity index (χ0) is 20.2. The van der Waals surface area contributed by atoms with Crippen molar-refractivity contribution in [2.75, 3.05) is 0 Å². The molecule has 0 saturated heterocycles. The van der Waals surface area contributed by atoms with Gasteiger partial charge in [0.2, 0.25) is 0 Å². The molecule has 0 radical (unpaired) electrons. The molecule has 29 heavy (non-hydrogen) atoms. The van der Waals surface area contributed by atoms with E-state index in [0.717, 1.165) is 0 Å². The number of benzene rings is 1. The molecule has 0 atom stereocenters. The maximum atomic E-state index is 8.74. The summed E-state index contributed by atoms with van der Waals surface area (Å²) in [6.45, 7) is 2.29. The Hall–Kier alpha value is 0.440. The zero-order valence-corrected chi connectivity index (χ0v) is 19.4. The van der Waals surface area contributed by atoms with Crippen molar-refractivity contribution in [2.24, 2.45) is 0 Å². The average molecular weight is 459 g/mol. The Morgan fingerprint density at radius 1 is 0.655 bits per heavy atom. The van der Waals surface area contributed by atoms with Gasteiger partial charge in [0.05, 0.1) is 0 Å². The number of hydrogen-bond donors (Lipinski definition) is 2.